The summed E-state index contributed by atoms with van der Waals surface area (Å²) in [6.45, 7) is 9.30. The highest BCUT2D eigenvalue weighted by atomic mass is 16.1. The fourth-order valence-corrected chi connectivity index (χ4v) is 2.48. The molecule has 106 valence electrons. The van der Waals surface area contributed by atoms with Crippen LogP contribution in [-0.4, -0.2) is 23.9 Å². The second-order valence-corrected chi connectivity index (χ2v) is 5.27. The van der Waals surface area contributed by atoms with E-state index in [1.807, 2.05) is 26.0 Å². The van der Waals surface area contributed by atoms with Gasteiger partial charge in [-0.05, 0) is 51.5 Å². The summed E-state index contributed by atoms with van der Waals surface area (Å²) in [5.41, 5.74) is 5.10. The van der Waals surface area contributed by atoms with Crippen LogP contribution in [0.3, 0.4) is 0 Å². The van der Waals surface area contributed by atoms with Crippen LogP contribution in [0.2, 0.25) is 0 Å². The first kappa shape index (κ1) is 14.4. The van der Waals surface area contributed by atoms with Crippen LogP contribution in [0.15, 0.2) is 30.3 Å². The van der Waals surface area contributed by atoms with E-state index in [1.165, 1.54) is 5.56 Å². The third kappa shape index (κ3) is 3.10. The third-order valence-electron chi connectivity index (χ3n) is 3.53. The molecular weight excluding hydrogens is 248 g/mol. The van der Waals surface area contributed by atoms with Gasteiger partial charge < -0.3 is 9.88 Å². The number of ketones is 1. The predicted molar refractivity (Wildman–Crippen MR) is 83.7 cm³/mol. The lowest BCUT2D eigenvalue weighted by atomic mass is 10.1. The molecule has 3 nitrogen and oxygen atoms in total. The van der Waals surface area contributed by atoms with Crippen molar-refractivity contribution in [3.8, 4) is 0 Å². The number of likely N-dealkylation sites (N-methyl/N-ethyl adjacent to an activating group) is 1. The van der Waals surface area contributed by atoms with Crippen molar-refractivity contribution in [1.29, 1.82) is 0 Å². The van der Waals surface area contributed by atoms with Gasteiger partial charge in [-0.25, -0.2) is 0 Å². The Kier molecular flexibility index (Phi) is 4.28. The van der Waals surface area contributed by atoms with Gasteiger partial charge in [-0.15, -0.1) is 0 Å². The van der Waals surface area contributed by atoms with Crippen molar-refractivity contribution in [2.24, 2.45) is 0 Å². The first-order valence-corrected chi connectivity index (χ1v) is 7.02. The van der Waals surface area contributed by atoms with Crippen molar-refractivity contribution in [1.82, 2.24) is 4.98 Å². The molecule has 2 aromatic rings. The van der Waals surface area contributed by atoms with E-state index < -0.39 is 0 Å². The van der Waals surface area contributed by atoms with Gasteiger partial charge in [-0.1, -0.05) is 12.1 Å². The molecule has 0 spiro atoms. The van der Waals surface area contributed by atoms with Gasteiger partial charge in [0.2, 0.25) is 0 Å². The molecule has 0 radical (unpaired) electrons. The van der Waals surface area contributed by atoms with E-state index in [1.54, 1.807) is 0 Å². The van der Waals surface area contributed by atoms with Crippen molar-refractivity contribution in [3.63, 3.8) is 0 Å². The summed E-state index contributed by atoms with van der Waals surface area (Å²) >= 11 is 0. The van der Waals surface area contributed by atoms with Crippen molar-refractivity contribution < 1.29 is 4.79 Å². The van der Waals surface area contributed by atoms with E-state index in [-0.39, 0.29) is 5.78 Å². The van der Waals surface area contributed by atoms with E-state index in [4.69, 9.17) is 0 Å². The number of carbonyl (C=O) groups excluding carboxylic acids is 1. The summed E-state index contributed by atoms with van der Waals surface area (Å²) in [7, 11) is 0. The maximum absolute atomic E-state index is 12.4. The summed E-state index contributed by atoms with van der Waals surface area (Å²) in [6, 6.07) is 10.2. The highest BCUT2D eigenvalue weighted by Crippen LogP contribution is 2.17. The second kappa shape index (κ2) is 5.95. The number of carbonyl (C=O) groups is 1. The minimum absolute atomic E-state index is 0.162. The smallest absolute Gasteiger partial charge is 0.183 e. The third-order valence-corrected chi connectivity index (χ3v) is 3.53. The van der Waals surface area contributed by atoms with Crippen molar-refractivity contribution in [2.45, 2.75) is 27.7 Å². The first-order chi connectivity index (χ1) is 9.51. The van der Waals surface area contributed by atoms with Crippen LogP contribution in [-0.2, 0) is 0 Å². The lowest BCUT2D eigenvalue weighted by Crippen LogP contribution is -2.29. The number of nitrogens with zero attached hydrogens (tertiary/aromatic N) is 1. The lowest BCUT2D eigenvalue weighted by Gasteiger charge is -2.22. The molecule has 0 aliphatic heterocycles. The fraction of sp³-hybridized carbons (Fsp3) is 0.353. The maximum atomic E-state index is 12.4. The Morgan fingerprint density at radius 2 is 1.95 bits per heavy atom. The van der Waals surface area contributed by atoms with Crippen LogP contribution in [0.25, 0.3) is 0 Å². The van der Waals surface area contributed by atoms with Gasteiger partial charge in [-0.3, -0.25) is 4.79 Å². The number of aromatic amines is 1. The maximum Gasteiger partial charge on any atom is 0.183 e. The summed E-state index contributed by atoms with van der Waals surface area (Å²) < 4.78 is 0. The topological polar surface area (TPSA) is 36.1 Å². The van der Waals surface area contributed by atoms with Crippen molar-refractivity contribution in [3.05, 3.63) is 52.8 Å². The SMILES string of the molecule is CCN(CC(=O)c1cc(C)[nH]c1C)c1cccc(C)c1. The second-order valence-electron chi connectivity index (χ2n) is 5.27. The van der Waals surface area contributed by atoms with E-state index >= 15 is 0 Å². The molecule has 0 atom stereocenters. The largest absolute Gasteiger partial charge is 0.364 e. The van der Waals surface area contributed by atoms with E-state index in [0.717, 1.165) is 29.2 Å². The number of rotatable bonds is 5. The highest BCUT2D eigenvalue weighted by molar-refractivity contribution is 6.00. The normalized spacial score (nSPS) is 10.6. The number of hydrogen-bond acceptors (Lipinski definition) is 2. The number of benzene rings is 1. The Balaban J connectivity index is 2.18. The Bertz CT molecular complexity index is 613. The molecule has 0 saturated heterocycles. The molecule has 1 aromatic carbocycles. The van der Waals surface area contributed by atoms with Gasteiger partial charge in [0.1, 0.15) is 0 Å². The average Bonchev–Trinajstić information content (AvgIpc) is 2.75. The van der Waals surface area contributed by atoms with Gasteiger partial charge in [0, 0.05) is 29.2 Å². The molecule has 0 fully saturated rings. The minimum atomic E-state index is 0.162. The quantitative estimate of drug-likeness (QED) is 0.842. The summed E-state index contributed by atoms with van der Waals surface area (Å²) in [5.74, 6) is 0.162. The van der Waals surface area contributed by atoms with E-state index in [9.17, 15) is 4.79 Å². The Morgan fingerprint density at radius 3 is 2.50 bits per heavy atom. The molecular formula is C17H22N2O. The minimum Gasteiger partial charge on any atom is -0.364 e. The number of Topliss-reactive ketones (excluding diaryl/α,β-unsaturated/α-hetero) is 1. The monoisotopic (exact) mass is 270 g/mol. The van der Waals surface area contributed by atoms with Crippen LogP contribution in [0.1, 0.15) is 34.2 Å². The van der Waals surface area contributed by atoms with Crippen LogP contribution in [0.5, 0.6) is 0 Å². The molecule has 0 aliphatic carbocycles. The number of H-pyrrole nitrogens is 1. The zero-order valence-electron chi connectivity index (χ0n) is 12.7. The van der Waals surface area contributed by atoms with Crippen LogP contribution in [0.4, 0.5) is 5.69 Å². The average molecular weight is 270 g/mol. The van der Waals surface area contributed by atoms with Crippen molar-refractivity contribution >= 4 is 11.5 Å². The van der Waals surface area contributed by atoms with Gasteiger partial charge >= 0.3 is 0 Å². The predicted octanol–water partition coefficient (Wildman–Crippen LogP) is 3.65. The number of nitrogens with one attached hydrogen (secondary N) is 1. The molecule has 0 bridgehead atoms. The molecule has 3 heteroatoms. The van der Waals surface area contributed by atoms with Gasteiger partial charge in [0.15, 0.2) is 5.78 Å². The molecule has 0 saturated carbocycles. The molecule has 1 heterocycles. The highest BCUT2D eigenvalue weighted by Gasteiger charge is 2.15. The molecule has 0 amide bonds. The Hall–Kier alpha value is -2.03. The molecule has 2 rings (SSSR count). The molecule has 20 heavy (non-hydrogen) atoms. The number of aryl methyl sites for hydroxylation is 3. The van der Waals surface area contributed by atoms with Crippen molar-refractivity contribution in [2.75, 3.05) is 18.0 Å². The number of aromatic nitrogens is 1. The number of hydrogen-bond donors (Lipinski definition) is 1. The zero-order valence-corrected chi connectivity index (χ0v) is 12.7. The standard InChI is InChI=1S/C17H22N2O/c1-5-19(15-8-6-7-12(2)9-15)11-17(20)16-10-13(3)18-14(16)4/h6-10,18H,5,11H2,1-4H3. The Morgan fingerprint density at radius 1 is 1.20 bits per heavy atom. The van der Waals surface area contributed by atoms with E-state index in [2.05, 4.69) is 41.9 Å². The number of anilines is 1. The summed E-state index contributed by atoms with van der Waals surface area (Å²) in [4.78, 5) is 17.7. The van der Waals surface area contributed by atoms with Crippen LogP contribution < -0.4 is 4.90 Å². The van der Waals surface area contributed by atoms with Gasteiger partial charge in [0.05, 0.1) is 6.54 Å². The molecule has 0 unspecified atom stereocenters. The van der Waals surface area contributed by atoms with Crippen LogP contribution >= 0.6 is 0 Å². The van der Waals surface area contributed by atoms with Crippen LogP contribution in [0, 0.1) is 20.8 Å². The zero-order chi connectivity index (χ0) is 14.7. The fourth-order valence-electron chi connectivity index (χ4n) is 2.48. The van der Waals surface area contributed by atoms with Gasteiger partial charge in [0.25, 0.3) is 0 Å². The molecule has 1 aromatic heterocycles. The first-order valence-electron chi connectivity index (χ1n) is 7.02. The summed E-state index contributed by atoms with van der Waals surface area (Å²) in [6.07, 6.45) is 0. The Labute approximate surface area is 120 Å². The van der Waals surface area contributed by atoms with E-state index in [0.29, 0.717) is 6.54 Å². The lowest BCUT2D eigenvalue weighted by molar-refractivity contribution is 0.0999. The van der Waals surface area contributed by atoms with Gasteiger partial charge in [-0.2, -0.15) is 0 Å². The summed E-state index contributed by atoms with van der Waals surface area (Å²) in [5, 5.41) is 0. The molecule has 0 aliphatic rings. The molecule has 1 N–H and O–H groups in total.